The molecule has 27 heavy (non-hydrogen) atoms. The molecule has 0 aliphatic rings. The van der Waals surface area contributed by atoms with E-state index in [1.807, 2.05) is 47.8 Å². The predicted octanol–water partition coefficient (Wildman–Crippen LogP) is 6.20. The number of carbonyl (C=O) groups excluding carboxylic acids is 1. The number of nitrogens with zero attached hydrogens (tertiary/aromatic N) is 1. The summed E-state index contributed by atoms with van der Waals surface area (Å²) < 4.78 is 6.46. The first-order valence-electron chi connectivity index (χ1n) is 8.48. The average Bonchev–Trinajstić information content (AvgIpc) is 3.10. The molecule has 1 amide bonds. The van der Waals surface area contributed by atoms with Gasteiger partial charge in [0, 0.05) is 16.0 Å². The van der Waals surface area contributed by atoms with Crippen LogP contribution in [0.15, 0.2) is 52.3 Å². The summed E-state index contributed by atoms with van der Waals surface area (Å²) in [7, 11) is 0. The summed E-state index contributed by atoms with van der Waals surface area (Å²) in [6.45, 7) is 2.05. The highest BCUT2D eigenvalue weighted by Crippen LogP contribution is 2.30. The molecule has 0 saturated carbocycles. The zero-order valence-electron chi connectivity index (χ0n) is 14.7. The highest BCUT2D eigenvalue weighted by Gasteiger charge is 2.11. The molecule has 0 bridgehead atoms. The number of rotatable bonds is 7. The Balaban J connectivity index is 1.58. The predicted molar refractivity (Wildman–Crippen MR) is 115 cm³/mol. The third-order valence-electron chi connectivity index (χ3n) is 3.79. The lowest BCUT2D eigenvalue weighted by Crippen LogP contribution is -2.20. The molecule has 0 spiro atoms. The summed E-state index contributed by atoms with van der Waals surface area (Å²) in [5.74, 6) is 0.375. The van der Waals surface area contributed by atoms with E-state index in [0.29, 0.717) is 15.9 Å². The van der Waals surface area contributed by atoms with Crippen molar-refractivity contribution < 1.29 is 9.53 Å². The second kappa shape index (κ2) is 9.35. The Labute approximate surface area is 175 Å². The Morgan fingerprint density at radius 2 is 2.11 bits per heavy atom. The second-order valence-corrected chi connectivity index (χ2v) is 7.99. The minimum absolute atomic E-state index is 0.0905. The van der Waals surface area contributed by atoms with Gasteiger partial charge in [-0.3, -0.25) is 10.1 Å². The number of halogens is 2. The maximum atomic E-state index is 12.2. The van der Waals surface area contributed by atoms with Crippen LogP contribution in [0.1, 0.15) is 18.9 Å². The fourth-order valence-electron chi connectivity index (χ4n) is 2.53. The number of anilines is 1. The van der Waals surface area contributed by atoms with Gasteiger partial charge in [0.25, 0.3) is 5.91 Å². The van der Waals surface area contributed by atoms with Gasteiger partial charge in [0.15, 0.2) is 11.7 Å². The van der Waals surface area contributed by atoms with E-state index < -0.39 is 0 Å². The van der Waals surface area contributed by atoms with E-state index in [1.54, 1.807) is 0 Å². The number of hydrogen-bond acceptors (Lipinski definition) is 4. The minimum atomic E-state index is -0.264. The lowest BCUT2D eigenvalue weighted by Gasteiger charge is -2.09. The van der Waals surface area contributed by atoms with E-state index in [4.69, 9.17) is 16.3 Å². The van der Waals surface area contributed by atoms with Gasteiger partial charge in [-0.1, -0.05) is 49.2 Å². The molecular weight excluding hydrogens is 448 g/mol. The number of carbonyl (C=O) groups is 1. The Morgan fingerprint density at radius 3 is 2.85 bits per heavy atom. The number of benzene rings is 2. The number of ether oxygens (including phenoxy) is 1. The lowest BCUT2D eigenvalue weighted by molar-refractivity contribution is -0.118. The third-order valence-corrected chi connectivity index (χ3v) is 5.50. The number of aryl methyl sites for hydroxylation is 1. The normalized spacial score (nSPS) is 10.6. The summed E-state index contributed by atoms with van der Waals surface area (Å²) in [4.78, 5) is 16.6. The molecule has 1 heterocycles. The molecule has 3 aromatic rings. The van der Waals surface area contributed by atoms with Gasteiger partial charge in [0.05, 0.1) is 10.2 Å². The van der Waals surface area contributed by atoms with Crippen molar-refractivity contribution >= 4 is 49.9 Å². The Morgan fingerprint density at radius 1 is 1.30 bits per heavy atom. The lowest BCUT2D eigenvalue weighted by atomic mass is 10.1. The molecule has 0 aliphatic heterocycles. The molecule has 0 aliphatic carbocycles. The average molecular weight is 466 g/mol. The fourth-order valence-corrected chi connectivity index (χ4v) is 4.03. The van der Waals surface area contributed by atoms with E-state index >= 15 is 0 Å². The summed E-state index contributed by atoms with van der Waals surface area (Å²) in [6.07, 6.45) is 2.09. The van der Waals surface area contributed by atoms with Gasteiger partial charge in [0.1, 0.15) is 5.75 Å². The molecule has 3 rings (SSSR count). The van der Waals surface area contributed by atoms with Crippen LogP contribution in [0.2, 0.25) is 5.02 Å². The van der Waals surface area contributed by atoms with Crippen molar-refractivity contribution in [1.82, 2.24) is 4.98 Å². The van der Waals surface area contributed by atoms with Crippen molar-refractivity contribution in [3.8, 4) is 17.0 Å². The molecule has 0 radical (unpaired) electrons. The number of thiazole rings is 1. The van der Waals surface area contributed by atoms with Crippen LogP contribution in [0, 0.1) is 0 Å². The highest BCUT2D eigenvalue weighted by atomic mass is 79.9. The molecule has 7 heteroatoms. The molecule has 0 fully saturated rings. The van der Waals surface area contributed by atoms with Crippen LogP contribution in [0.3, 0.4) is 0 Å². The van der Waals surface area contributed by atoms with Crippen molar-refractivity contribution in [2.24, 2.45) is 0 Å². The van der Waals surface area contributed by atoms with Crippen LogP contribution < -0.4 is 10.1 Å². The summed E-state index contributed by atoms with van der Waals surface area (Å²) >= 11 is 11.0. The van der Waals surface area contributed by atoms with E-state index in [1.165, 1.54) is 16.9 Å². The van der Waals surface area contributed by atoms with Crippen LogP contribution >= 0.6 is 38.9 Å². The third kappa shape index (κ3) is 5.31. The van der Waals surface area contributed by atoms with Gasteiger partial charge in [-0.2, -0.15) is 0 Å². The molecular formula is C20H18BrClN2O2S. The van der Waals surface area contributed by atoms with Gasteiger partial charge in [-0.15, -0.1) is 11.3 Å². The molecule has 1 N–H and O–H groups in total. The molecule has 1 aromatic heterocycles. The van der Waals surface area contributed by atoms with Crippen LogP contribution in [-0.2, 0) is 11.2 Å². The highest BCUT2D eigenvalue weighted by molar-refractivity contribution is 9.10. The molecule has 0 saturated heterocycles. The quantitative estimate of drug-likeness (QED) is 0.452. The number of amides is 1. The maximum Gasteiger partial charge on any atom is 0.264 e. The number of aromatic nitrogens is 1. The van der Waals surface area contributed by atoms with Gasteiger partial charge in [-0.05, 0) is 46.1 Å². The monoisotopic (exact) mass is 464 g/mol. The van der Waals surface area contributed by atoms with Gasteiger partial charge < -0.3 is 4.74 Å². The van der Waals surface area contributed by atoms with Crippen LogP contribution in [0.4, 0.5) is 5.13 Å². The number of nitrogens with one attached hydrogen (secondary N) is 1. The topological polar surface area (TPSA) is 51.2 Å². The summed E-state index contributed by atoms with van der Waals surface area (Å²) in [6, 6.07) is 13.4. The van der Waals surface area contributed by atoms with Crippen molar-refractivity contribution in [2.75, 3.05) is 11.9 Å². The SMILES string of the molecule is CCCc1ccc(OCC(=O)Nc2nc(-c3ccccc3Cl)cs2)c(Br)c1. The summed E-state index contributed by atoms with van der Waals surface area (Å²) in [5, 5.41) is 5.76. The van der Waals surface area contributed by atoms with Crippen molar-refractivity contribution in [3.63, 3.8) is 0 Å². The van der Waals surface area contributed by atoms with E-state index in [0.717, 1.165) is 28.6 Å². The molecule has 4 nitrogen and oxygen atoms in total. The first-order chi connectivity index (χ1) is 13.1. The molecule has 0 atom stereocenters. The Bertz CT molecular complexity index is 945. The number of hydrogen-bond donors (Lipinski definition) is 1. The maximum absolute atomic E-state index is 12.2. The molecule has 0 unspecified atom stereocenters. The fraction of sp³-hybridized carbons (Fsp3) is 0.200. The standard InChI is InChI=1S/C20H18BrClN2O2S/c1-2-5-13-8-9-18(15(21)10-13)26-11-19(25)24-20-23-17(12-27-20)14-6-3-4-7-16(14)22/h3-4,6-10,12H,2,5,11H2,1H3,(H,23,24,25). The van der Waals surface area contributed by atoms with Crippen molar-refractivity contribution in [2.45, 2.75) is 19.8 Å². The van der Waals surface area contributed by atoms with Gasteiger partial charge >= 0.3 is 0 Å². The van der Waals surface area contributed by atoms with E-state index in [9.17, 15) is 4.79 Å². The van der Waals surface area contributed by atoms with Crippen LogP contribution in [0.25, 0.3) is 11.3 Å². The Kier molecular flexibility index (Phi) is 6.88. The van der Waals surface area contributed by atoms with Crippen LogP contribution in [0.5, 0.6) is 5.75 Å². The first kappa shape index (κ1) is 19.9. The van der Waals surface area contributed by atoms with Crippen LogP contribution in [-0.4, -0.2) is 17.5 Å². The molecule has 2 aromatic carbocycles. The van der Waals surface area contributed by atoms with Crippen molar-refractivity contribution in [3.05, 3.63) is 62.9 Å². The first-order valence-corrected chi connectivity index (χ1v) is 10.5. The van der Waals surface area contributed by atoms with Gasteiger partial charge in [-0.25, -0.2) is 4.98 Å². The molecule has 140 valence electrons. The van der Waals surface area contributed by atoms with Crippen molar-refractivity contribution in [1.29, 1.82) is 0 Å². The smallest absolute Gasteiger partial charge is 0.264 e. The zero-order chi connectivity index (χ0) is 19.2. The van der Waals surface area contributed by atoms with E-state index in [-0.39, 0.29) is 12.5 Å². The van der Waals surface area contributed by atoms with Gasteiger partial charge in [0.2, 0.25) is 0 Å². The zero-order valence-corrected chi connectivity index (χ0v) is 17.8. The van der Waals surface area contributed by atoms with E-state index in [2.05, 4.69) is 33.2 Å². The minimum Gasteiger partial charge on any atom is -0.483 e. The second-order valence-electron chi connectivity index (χ2n) is 5.87. The largest absolute Gasteiger partial charge is 0.483 e. The summed E-state index contributed by atoms with van der Waals surface area (Å²) in [5.41, 5.74) is 2.80. The Hall–Kier alpha value is -1.89.